The van der Waals surface area contributed by atoms with E-state index in [1.807, 2.05) is 18.2 Å². The van der Waals surface area contributed by atoms with Crippen LogP contribution in [0.3, 0.4) is 0 Å². The Labute approximate surface area is 118 Å². The molecule has 1 saturated heterocycles. The van der Waals surface area contributed by atoms with Gasteiger partial charge in [-0.05, 0) is 37.8 Å². The second-order valence-corrected chi connectivity index (χ2v) is 5.62. The molecule has 0 amide bonds. The average Bonchev–Trinajstić information content (AvgIpc) is 2.84. The number of hydrogen-bond acceptors (Lipinski definition) is 4. The number of hydrogen-bond donors (Lipinski definition) is 1. The van der Waals surface area contributed by atoms with Crippen molar-refractivity contribution in [3.63, 3.8) is 0 Å². The van der Waals surface area contributed by atoms with Gasteiger partial charge in [-0.3, -0.25) is 0 Å². The molecule has 0 bridgehead atoms. The van der Waals surface area contributed by atoms with E-state index in [2.05, 4.69) is 11.0 Å². The van der Waals surface area contributed by atoms with Crippen molar-refractivity contribution in [2.45, 2.75) is 25.7 Å². The predicted molar refractivity (Wildman–Crippen MR) is 80.7 cm³/mol. The molecule has 102 valence electrons. The van der Waals surface area contributed by atoms with Gasteiger partial charge in [-0.1, -0.05) is 12.1 Å². The molecular formula is C16H18N4. The number of anilines is 2. The minimum absolute atomic E-state index is 0.790. The molecular weight excluding hydrogens is 248 g/mol. The molecule has 1 aliphatic heterocycles. The first-order valence-electron chi connectivity index (χ1n) is 7.32. The van der Waals surface area contributed by atoms with E-state index in [4.69, 9.17) is 15.7 Å². The zero-order valence-corrected chi connectivity index (χ0v) is 11.5. The smallest absolute Gasteiger partial charge is 0.226 e. The zero-order valence-electron chi connectivity index (χ0n) is 11.5. The molecule has 2 N–H and O–H groups in total. The lowest BCUT2D eigenvalue weighted by Crippen LogP contribution is -2.38. The van der Waals surface area contributed by atoms with Crippen molar-refractivity contribution >= 4 is 11.6 Å². The Bertz CT molecular complexity index is 662. The van der Waals surface area contributed by atoms with Crippen LogP contribution in [0.2, 0.25) is 0 Å². The highest BCUT2D eigenvalue weighted by molar-refractivity contribution is 5.69. The summed E-state index contributed by atoms with van der Waals surface area (Å²) in [6.07, 6.45) is 4.59. The maximum absolute atomic E-state index is 5.92. The number of nitrogen functional groups attached to an aromatic ring is 1. The molecule has 2 heterocycles. The molecule has 1 fully saturated rings. The van der Waals surface area contributed by atoms with E-state index in [-0.39, 0.29) is 0 Å². The lowest BCUT2D eigenvalue weighted by molar-refractivity contribution is 0.599. The Morgan fingerprint density at radius 3 is 2.70 bits per heavy atom. The second-order valence-electron chi connectivity index (χ2n) is 5.62. The molecule has 1 aromatic carbocycles. The molecule has 2 aliphatic rings. The zero-order chi connectivity index (χ0) is 13.5. The van der Waals surface area contributed by atoms with Gasteiger partial charge in [-0.25, -0.2) is 9.97 Å². The van der Waals surface area contributed by atoms with Crippen molar-refractivity contribution in [3.05, 3.63) is 35.5 Å². The molecule has 0 atom stereocenters. The minimum atomic E-state index is 0.790. The number of fused-ring (bicyclic) bond motifs is 1. The van der Waals surface area contributed by atoms with Crippen molar-refractivity contribution in [1.82, 2.24) is 9.97 Å². The van der Waals surface area contributed by atoms with Gasteiger partial charge < -0.3 is 10.6 Å². The number of nitrogens with zero attached hydrogens (tertiary/aromatic N) is 3. The molecule has 1 aliphatic carbocycles. The van der Waals surface area contributed by atoms with Crippen LogP contribution in [-0.2, 0) is 12.8 Å². The van der Waals surface area contributed by atoms with Gasteiger partial charge >= 0.3 is 0 Å². The van der Waals surface area contributed by atoms with Gasteiger partial charge in [-0.15, -0.1) is 0 Å². The van der Waals surface area contributed by atoms with Crippen molar-refractivity contribution in [3.8, 4) is 11.3 Å². The topological polar surface area (TPSA) is 55.0 Å². The number of nitrogens with two attached hydrogens (primary N) is 1. The summed E-state index contributed by atoms with van der Waals surface area (Å²) in [5.74, 6) is 0.898. The van der Waals surface area contributed by atoms with Gasteiger partial charge in [0.1, 0.15) is 0 Å². The van der Waals surface area contributed by atoms with E-state index < -0.39 is 0 Å². The summed E-state index contributed by atoms with van der Waals surface area (Å²) >= 11 is 0. The Morgan fingerprint density at radius 1 is 1.05 bits per heavy atom. The highest BCUT2D eigenvalue weighted by Gasteiger charge is 2.24. The number of rotatable bonds is 2. The third-order valence-electron chi connectivity index (χ3n) is 4.22. The third-order valence-corrected chi connectivity index (χ3v) is 4.22. The highest BCUT2D eigenvalue weighted by Crippen LogP contribution is 2.33. The summed E-state index contributed by atoms with van der Waals surface area (Å²) in [4.78, 5) is 11.9. The van der Waals surface area contributed by atoms with E-state index in [0.717, 1.165) is 48.8 Å². The van der Waals surface area contributed by atoms with Gasteiger partial charge in [0.15, 0.2) is 0 Å². The lowest BCUT2D eigenvalue weighted by atomic mass is 10.0. The molecule has 2 aromatic rings. The summed E-state index contributed by atoms with van der Waals surface area (Å²) in [7, 11) is 0. The standard InChI is InChI=1S/C16H18N4/c17-12-5-1-4-11(10-12)15-13-6-2-7-14(13)18-16(19-15)20-8-3-9-20/h1,4-5,10H,2-3,6-9,17H2. The fourth-order valence-electron chi connectivity index (χ4n) is 3.00. The maximum Gasteiger partial charge on any atom is 0.226 e. The fourth-order valence-corrected chi connectivity index (χ4v) is 3.00. The van der Waals surface area contributed by atoms with E-state index in [0.29, 0.717) is 0 Å². The van der Waals surface area contributed by atoms with Gasteiger partial charge in [-0.2, -0.15) is 0 Å². The van der Waals surface area contributed by atoms with Crippen LogP contribution in [0, 0.1) is 0 Å². The molecule has 4 rings (SSSR count). The largest absolute Gasteiger partial charge is 0.399 e. The van der Waals surface area contributed by atoms with Gasteiger partial charge in [0.25, 0.3) is 0 Å². The van der Waals surface area contributed by atoms with Crippen molar-refractivity contribution in [1.29, 1.82) is 0 Å². The fraction of sp³-hybridized carbons (Fsp3) is 0.375. The average molecular weight is 266 g/mol. The molecule has 0 spiro atoms. The molecule has 0 unspecified atom stereocenters. The SMILES string of the molecule is Nc1cccc(-c2nc(N3CCC3)nc3c2CCC3)c1. The van der Waals surface area contributed by atoms with Crippen LogP contribution in [0.4, 0.5) is 11.6 Å². The van der Waals surface area contributed by atoms with E-state index >= 15 is 0 Å². The van der Waals surface area contributed by atoms with Crippen molar-refractivity contribution in [2.24, 2.45) is 0 Å². The van der Waals surface area contributed by atoms with Crippen LogP contribution in [0.25, 0.3) is 11.3 Å². The van der Waals surface area contributed by atoms with Crippen molar-refractivity contribution < 1.29 is 0 Å². The van der Waals surface area contributed by atoms with Gasteiger partial charge in [0.2, 0.25) is 5.95 Å². The number of aryl methyl sites for hydroxylation is 1. The summed E-state index contributed by atoms with van der Waals surface area (Å²) < 4.78 is 0. The minimum Gasteiger partial charge on any atom is -0.399 e. The first-order valence-corrected chi connectivity index (χ1v) is 7.32. The molecule has 0 saturated carbocycles. The third kappa shape index (κ3) is 1.83. The maximum atomic E-state index is 5.92. The predicted octanol–water partition coefficient (Wildman–Crippen LogP) is 2.42. The lowest BCUT2D eigenvalue weighted by Gasteiger charge is -2.31. The van der Waals surface area contributed by atoms with E-state index in [1.165, 1.54) is 24.1 Å². The molecule has 0 radical (unpaired) electrons. The first-order chi connectivity index (χ1) is 9.81. The van der Waals surface area contributed by atoms with E-state index in [1.54, 1.807) is 0 Å². The van der Waals surface area contributed by atoms with E-state index in [9.17, 15) is 0 Å². The molecule has 4 heteroatoms. The summed E-state index contributed by atoms with van der Waals surface area (Å²) in [6, 6.07) is 8.02. The van der Waals surface area contributed by atoms with Crippen molar-refractivity contribution in [2.75, 3.05) is 23.7 Å². The Balaban J connectivity index is 1.86. The normalized spacial score (nSPS) is 16.9. The van der Waals surface area contributed by atoms with Crippen LogP contribution in [0.15, 0.2) is 24.3 Å². The van der Waals surface area contributed by atoms with Gasteiger partial charge in [0.05, 0.1) is 5.69 Å². The van der Waals surface area contributed by atoms with Gasteiger partial charge in [0, 0.05) is 35.6 Å². The monoisotopic (exact) mass is 266 g/mol. The Hall–Kier alpha value is -2.10. The first kappa shape index (κ1) is 11.7. The summed E-state index contributed by atoms with van der Waals surface area (Å²) in [6.45, 7) is 2.16. The van der Waals surface area contributed by atoms with Crippen LogP contribution in [0.1, 0.15) is 24.1 Å². The van der Waals surface area contributed by atoms with Crippen LogP contribution in [-0.4, -0.2) is 23.1 Å². The van der Waals surface area contributed by atoms with Crippen LogP contribution < -0.4 is 10.6 Å². The Morgan fingerprint density at radius 2 is 1.95 bits per heavy atom. The van der Waals surface area contributed by atoms with Crippen LogP contribution >= 0.6 is 0 Å². The second kappa shape index (κ2) is 4.47. The molecule has 4 nitrogen and oxygen atoms in total. The highest BCUT2D eigenvalue weighted by atomic mass is 15.3. The number of benzene rings is 1. The Kier molecular flexibility index (Phi) is 2.62. The summed E-state index contributed by atoms with van der Waals surface area (Å²) in [5, 5.41) is 0. The summed E-state index contributed by atoms with van der Waals surface area (Å²) in [5.41, 5.74) is 11.5. The van der Waals surface area contributed by atoms with Crippen LogP contribution in [0.5, 0.6) is 0 Å². The number of aromatic nitrogens is 2. The molecule has 20 heavy (non-hydrogen) atoms. The quantitative estimate of drug-likeness (QED) is 0.848. The molecule has 1 aromatic heterocycles.